The molecule has 1 aromatic heterocycles. The number of hydrogen-bond acceptors (Lipinski definition) is 4. The zero-order valence-electron chi connectivity index (χ0n) is 16.5. The maximum absolute atomic E-state index is 13.1. The van der Waals surface area contributed by atoms with E-state index in [1.54, 1.807) is 35.9 Å². The minimum absolute atomic E-state index is 0.291. The van der Waals surface area contributed by atoms with Crippen molar-refractivity contribution in [1.82, 2.24) is 9.78 Å². The third-order valence-electron chi connectivity index (χ3n) is 5.01. The van der Waals surface area contributed by atoms with Gasteiger partial charge in [-0.1, -0.05) is 29.4 Å². The third kappa shape index (κ3) is 4.07. The number of amides is 1. The molecule has 0 fully saturated rings. The molecule has 0 radical (unpaired) electrons. The summed E-state index contributed by atoms with van der Waals surface area (Å²) in [6.45, 7) is 4.12. The fourth-order valence-electron chi connectivity index (χ4n) is 3.33. The molecule has 3 aromatic rings. The summed E-state index contributed by atoms with van der Waals surface area (Å²) in [5.41, 5.74) is 4.27. The minimum atomic E-state index is -0.774. The Kier molecular flexibility index (Phi) is 5.31. The Morgan fingerprint density at radius 3 is 2.40 bits per heavy atom. The summed E-state index contributed by atoms with van der Waals surface area (Å²) in [6.07, 6.45) is -0.483. The number of hydrogen-bond donors (Lipinski definition) is 1. The first kappa shape index (κ1) is 19.8. The molecule has 1 aliphatic rings. The molecule has 8 heteroatoms. The van der Waals surface area contributed by atoms with Crippen molar-refractivity contribution in [3.05, 3.63) is 82.7 Å². The van der Waals surface area contributed by atoms with E-state index in [0.717, 1.165) is 11.3 Å². The molecule has 0 saturated heterocycles. The molecule has 4 rings (SSSR count). The number of nitrogens with zero attached hydrogens (tertiary/aromatic N) is 3. The molecule has 1 aliphatic heterocycles. The number of carbonyl (C=O) groups excluding carboxylic acids is 1. The highest BCUT2D eigenvalue weighted by Crippen LogP contribution is 2.23. The number of carbonyl (C=O) groups is 1. The van der Waals surface area contributed by atoms with Gasteiger partial charge in [-0.2, -0.15) is 5.10 Å². The Bertz CT molecular complexity index is 1110. The largest absolute Gasteiger partial charge is 0.382 e. The second-order valence-corrected chi connectivity index (χ2v) is 7.16. The van der Waals surface area contributed by atoms with Gasteiger partial charge in [-0.25, -0.2) is 8.78 Å². The number of oxime groups is 1. The average molecular weight is 410 g/mol. The Hall–Kier alpha value is -3.55. The van der Waals surface area contributed by atoms with Crippen molar-refractivity contribution >= 4 is 17.3 Å². The molecule has 0 saturated carbocycles. The van der Waals surface area contributed by atoms with E-state index in [2.05, 4.69) is 15.6 Å². The molecule has 2 heterocycles. The zero-order valence-corrected chi connectivity index (χ0v) is 16.5. The fourth-order valence-corrected chi connectivity index (χ4v) is 3.33. The third-order valence-corrected chi connectivity index (χ3v) is 5.01. The van der Waals surface area contributed by atoms with Gasteiger partial charge in [0.15, 0.2) is 0 Å². The van der Waals surface area contributed by atoms with Crippen molar-refractivity contribution in [3.63, 3.8) is 0 Å². The summed E-state index contributed by atoms with van der Waals surface area (Å²) in [7, 11) is 0. The molecule has 0 bridgehead atoms. The molecular weight excluding hydrogens is 390 g/mol. The molecule has 2 aromatic carbocycles. The lowest BCUT2D eigenvalue weighted by molar-refractivity contribution is -0.125. The summed E-state index contributed by atoms with van der Waals surface area (Å²) in [5.74, 6) is -0.960. The normalized spacial score (nSPS) is 15.6. The van der Waals surface area contributed by atoms with Crippen LogP contribution in [-0.4, -0.2) is 27.5 Å². The van der Waals surface area contributed by atoms with Crippen molar-refractivity contribution in [2.75, 3.05) is 5.32 Å². The van der Waals surface area contributed by atoms with Gasteiger partial charge in [-0.3, -0.25) is 9.48 Å². The quantitative estimate of drug-likeness (QED) is 0.692. The number of nitrogens with one attached hydrogen (secondary N) is 1. The molecule has 1 amide bonds. The predicted molar refractivity (Wildman–Crippen MR) is 108 cm³/mol. The lowest BCUT2D eigenvalue weighted by Gasteiger charge is -2.10. The Morgan fingerprint density at radius 2 is 1.73 bits per heavy atom. The van der Waals surface area contributed by atoms with Gasteiger partial charge in [-0.15, -0.1) is 0 Å². The Labute approximate surface area is 172 Å². The second-order valence-electron chi connectivity index (χ2n) is 7.16. The van der Waals surface area contributed by atoms with Crippen LogP contribution in [0, 0.1) is 25.5 Å². The summed E-state index contributed by atoms with van der Waals surface area (Å²) < 4.78 is 28.0. The van der Waals surface area contributed by atoms with E-state index in [9.17, 15) is 13.6 Å². The fraction of sp³-hybridized carbons (Fsp3) is 0.227. The molecule has 6 nitrogen and oxygen atoms in total. The van der Waals surface area contributed by atoms with Gasteiger partial charge in [0, 0.05) is 6.42 Å². The van der Waals surface area contributed by atoms with E-state index in [0.29, 0.717) is 35.6 Å². The number of aromatic nitrogens is 2. The minimum Gasteiger partial charge on any atom is -0.382 e. The number of aryl methyl sites for hydroxylation is 1. The summed E-state index contributed by atoms with van der Waals surface area (Å²) >= 11 is 0. The smallest absolute Gasteiger partial charge is 0.268 e. The van der Waals surface area contributed by atoms with Gasteiger partial charge in [-0.05, 0) is 49.2 Å². The average Bonchev–Trinajstić information content (AvgIpc) is 3.32. The highest BCUT2D eigenvalue weighted by Gasteiger charge is 2.30. The van der Waals surface area contributed by atoms with Gasteiger partial charge >= 0.3 is 0 Å². The summed E-state index contributed by atoms with van der Waals surface area (Å²) in [5, 5.41) is 11.3. The molecule has 0 spiro atoms. The van der Waals surface area contributed by atoms with Gasteiger partial charge in [0.1, 0.15) is 11.6 Å². The molecule has 0 aliphatic carbocycles. The molecule has 1 atom stereocenters. The molecular formula is C22H20F2N4O2. The van der Waals surface area contributed by atoms with Crippen LogP contribution in [0.5, 0.6) is 0 Å². The van der Waals surface area contributed by atoms with Crippen LogP contribution in [0.1, 0.15) is 28.9 Å². The number of benzene rings is 2. The molecule has 30 heavy (non-hydrogen) atoms. The number of rotatable bonds is 5. The summed E-state index contributed by atoms with van der Waals surface area (Å²) in [6, 6.07) is 12.1. The molecule has 1 unspecified atom stereocenters. The van der Waals surface area contributed by atoms with Gasteiger partial charge in [0.2, 0.25) is 6.10 Å². The maximum atomic E-state index is 13.1. The van der Waals surface area contributed by atoms with E-state index < -0.39 is 6.10 Å². The Morgan fingerprint density at radius 1 is 1.10 bits per heavy atom. The van der Waals surface area contributed by atoms with Crippen molar-refractivity contribution in [1.29, 1.82) is 0 Å². The highest BCUT2D eigenvalue weighted by atomic mass is 19.1. The SMILES string of the molecule is Cc1nn(Cc2ccc(F)cc2)c(C)c1NC(=O)C1CC(c2ccc(F)cc2)=NO1. The standard InChI is InChI=1S/C22H20F2N4O2/c1-13-21(14(2)28(26-13)12-15-3-7-17(23)8-4-15)25-22(29)20-11-19(27-30-20)16-5-9-18(24)10-6-16/h3-10,20H,11-12H2,1-2H3,(H,25,29). The van der Waals surface area contributed by atoms with Crippen molar-refractivity contribution in [3.8, 4) is 0 Å². The van der Waals surface area contributed by atoms with E-state index in [1.165, 1.54) is 24.3 Å². The van der Waals surface area contributed by atoms with Crippen molar-refractivity contribution < 1.29 is 18.4 Å². The van der Waals surface area contributed by atoms with Crippen LogP contribution in [-0.2, 0) is 16.2 Å². The van der Waals surface area contributed by atoms with Gasteiger partial charge < -0.3 is 10.2 Å². The number of anilines is 1. The first-order valence-corrected chi connectivity index (χ1v) is 9.48. The van der Waals surface area contributed by atoms with Gasteiger partial charge in [0.25, 0.3) is 5.91 Å². The highest BCUT2D eigenvalue weighted by molar-refractivity contribution is 6.06. The lowest BCUT2D eigenvalue weighted by atomic mass is 10.0. The van der Waals surface area contributed by atoms with E-state index >= 15 is 0 Å². The first-order chi connectivity index (χ1) is 14.4. The maximum Gasteiger partial charge on any atom is 0.268 e. The predicted octanol–water partition coefficient (Wildman–Crippen LogP) is 3.96. The number of halogens is 2. The van der Waals surface area contributed by atoms with E-state index in [1.807, 2.05) is 6.92 Å². The second kappa shape index (κ2) is 8.06. The van der Waals surface area contributed by atoms with E-state index in [-0.39, 0.29) is 17.5 Å². The van der Waals surface area contributed by atoms with Crippen LogP contribution >= 0.6 is 0 Å². The molecule has 154 valence electrons. The van der Waals surface area contributed by atoms with Crippen molar-refractivity contribution in [2.45, 2.75) is 32.9 Å². The monoisotopic (exact) mass is 410 g/mol. The first-order valence-electron chi connectivity index (χ1n) is 9.48. The van der Waals surface area contributed by atoms with Crippen LogP contribution in [0.25, 0.3) is 0 Å². The van der Waals surface area contributed by atoms with Gasteiger partial charge in [0.05, 0.1) is 29.3 Å². The summed E-state index contributed by atoms with van der Waals surface area (Å²) in [4.78, 5) is 18.0. The zero-order chi connectivity index (χ0) is 21.3. The van der Waals surface area contributed by atoms with E-state index in [4.69, 9.17) is 4.84 Å². The van der Waals surface area contributed by atoms with Crippen LogP contribution in [0.4, 0.5) is 14.5 Å². The van der Waals surface area contributed by atoms with Crippen molar-refractivity contribution in [2.24, 2.45) is 5.16 Å². The van der Waals surface area contributed by atoms with Crippen LogP contribution < -0.4 is 5.32 Å². The lowest BCUT2D eigenvalue weighted by Crippen LogP contribution is -2.28. The Balaban J connectivity index is 1.43. The van der Waals surface area contributed by atoms with Crippen LogP contribution in [0.15, 0.2) is 53.7 Å². The molecule has 1 N–H and O–H groups in total. The van der Waals surface area contributed by atoms with Crippen LogP contribution in [0.3, 0.4) is 0 Å². The van der Waals surface area contributed by atoms with Crippen LogP contribution in [0.2, 0.25) is 0 Å². The topological polar surface area (TPSA) is 68.5 Å².